The van der Waals surface area contributed by atoms with Crippen LogP contribution in [0.2, 0.25) is 0 Å². The van der Waals surface area contributed by atoms with Crippen molar-refractivity contribution in [1.82, 2.24) is 0 Å². The number of benzene rings is 1. The van der Waals surface area contributed by atoms with Gasteiger partial charge in [0.2, 0.25) is 0 Å². The molecule has 0 fully saturated rings. The number of hydrogen-bond acceptors (Lipinski definition) is 1. The molecule has 0 aliphatic rings. The van der Waals surface area contributed by atoms with Crippen molar-refractivity contribution in [2.24, 2.45) is 5.73 Å². The van der Waals surface area contributed by atoms with Crippen molar-refractivity contribution >= 4 is 0 Å². The number of nitrogens with two attached hydrogens (primary N) is 1. The summed E-state index contributed by atoms with van der Waals surface area (Å²) >= 11 is 0. The van der Waals surface area contributed by atoms with E-state index in [1.165, 1.54) is 11.1 Å². The third-order valence-electron chi connectivity index (χ3n) is 1.86. The predicted octanol–water partition coefficient (Wildman–Crippen LogP) is 2.26. The highest BCUT2D eigenvalue weighted by Crippen LogP contribution is 2.06. The van der Waals surface area contributed by atoms with Crippen molar-refractivity contribution < 1.29 is 0 Å². The van der Waals surface area contributed by atoms with Gasteiger partial charge in [-0.15, -0.1) is 6.58 Å². The van der Waals surface area contributed by atoms with Gasteiger partial charge in [-0.1, -0.05) is 30.3 Å². The van der Waals surface area contributed by atoms with Crippen LogP contribution in [0.4, 0.5) is 0 Å². The summed E-state index contributed by atoms with van der Waals surface area (Å²) in [6.45, 7) is 4.32. The molecule has 0 aliphatic carbocycles. The summed E-state index contributed by atoms with van der Waals surface area (Å²) in [4.78, 5) is 0. The standard InChI is InChI=1S/C11H15N/c1-2-3-5-10-6-4-7-11(8-10)9-12/h2,4,6-8H,1,3,5,9,12H2. The Morgan fingerprint density at radius 1 is 1.33 bits per heavy atom. The van der Waals surface area contributed by atoms with Crippen LogP contribution in [0.15, 0.2) is 36.9 Å². The van der Waals surface area contributed by atoms with Crippen molar-refractivity contribution in [3.63, 3.8) is 0 Å². The second kappa shape index (κ2) is 4.73. The van der Waals surface area contributed by atoms with E-state index < -0.39 is 0 Å². The maximum atomic E-state index is 5.53. The van der Waals surface area contributed by atoms with Crippen LogP contribution >= 0.6 is 0 Å². The van der Waals surface area contributed by atoms with E-state index in [9.17, 15) is 0 Å². The molecule has 0 unspecified atom stereocenters. The van der Waals surface area contributed by atoms with Crippen molar-refractivity contribution in [2.45, 2.75) is 19.4 Å². The minimum absolute atomic E-state index is 0.627. The maximum absolute atomic E-state index is 5.53. The van der Waals surface area contributed by atoms with Crippen LogP contribution in [0.1, 0.15) is 17.5 Å². The zero-order valence-corrected chi connectivity index (χ0v) is 7.29. The Balaban J connectivity index is 2.65. The average Bonchev–Trinajstić information content (AvgIpc) is 2.15. The lowest BCUT2D eigenvalue weighted by molar-refractivity contribution is 0.986. The fourth-order valence-corrected chi connectivity index (χ4v) is 1.18. The van der Waals surface area contributed by atoms with Gasteiger partial charge in [0.15, 0.2) is 0 Å². The second-order valence-corrected chi connectivity index (χ2v) is 2.85. The smallest absolute Gasteiger partial charge is 0.0178 e. The quantitative estimate of drug-likeness (QED) is 0.673. The molecular weight excluding hydrogens is 146 g/mol. The van der Waals surface area contributed by atoms with E-state index in [1.54, 1.807) is 0 Å². The third-order valence-corrected chi connectivity index (χ3v) is 1.86. The van der Waals surface area contributed by atoms with E-state index in [0.29, 0.717) is 6.54 Å². The highest BCUT2D eigenvalue weighted by atomic mass is 14.5. The van der Waals surface area contributed by atoms with Crippen molar-refractivity contribution in [1.29, 1.82) is 0 Å². The first-order valence-corrected chi connectivity index (χ1v) is 4.25. The maximum Gasteiger partial charge on any atom is 0.0178 e. The highest BCUT2D eigenvalue weighted by molar-refractivity contribution is 5.23. The Morgan fingerprint density at radius 2 is 2.08 bits per heavy atom. The molecule has 0 saturated heterocycles. The normalized spacial score (nSPS) is 9.75. The molecule has 0 amide bonds. The van der Waals surface area contributed by atoms with Crippen LogP contribution in [0, 0.1) is 0 Å². The Bertz CT molecular complexity index is 253. The topological polar surface area (TPSA) is 26.0 Å². The first-order chi connectivity index (χ1) is 5.86. The highest BCUT2D eigenvalue weighted by Gasteiger charge is 1.92. The van der Waals surface area contributed by atoms with Crippen LogP contribution in [-0.4, -0.2) is 0 Å². The molecule has 64 valence electrons. The Hall–Kier alpha value is -1.08. The van der Waals surface area contributed by atoms with Crippen LogP contribution < -0.4 is 5.73 Å². The van der Waals surface area contributed by atoms with Crippen LogP contribution in [-0.2, 0) is 13.0 Å². The molecule has 1 nitrogen and oxygen atoms in total. The molecule has 12 heavy (non-hydrogen) atoms. The Labute approximate surface area is 73.9 Å². The molecule has 0 bridgehead atoms. The molecule has 0 aromatic heterocycles. The lowest BCUT2D eigenvalue weighted by Gasteiger charge is -2.00. The van der Waals surface area contributed by atoms with Gasteiger partial charge < -0.3 is 5.73 Å². The molecule has 0 heterocycles. The summed E-state index contributed by atoms with van der Waals surface area (Å²) in [5.41, 5.74) is 8.08. The Kier molecular flexibility index (Phi) is 3.55. The first-order valence-electron chi connectivity index (χ1n) is 4.25. The van der Waals surface area contributed by atoms with Crippen LogP contribution in [0.25, 0.3) is 0 Å². The molecule has 2 N–H and O–H groups in total. The van der Waals surface area contributed by atoms with Gasteiger partial charge in [0.05, 0.1) is 0 Å². The van der Waals surface area contributed by atoms with Gasteiger partial charge >= 0.3 is 0 Å². The van der Waals surface area contributed by atoms with Gasteiger partial charge in [-0.25, -0.2) is 0 Å². The first kappa shape index (κ1) is 9.01. The van der Waals surface area contributed by atoms with E-state index in [0.717, 1.165) is 12.8 Å². The lowest BCUT2D eigenvalue weighted by atomic mass is 10.1. The number of aryl methyl sites for hydroxylation is 1. The molecular formula is C11H15N. The predicted molar refractivity (Wildman–Crippen MR) is 52.9 cm³/mol. The molecule has 0 radical (unpaired) electrons. The number of rotatable bonds is 4. The minimum Gasteiger partial charge on any atom is -0.326 e. The van der Waals surface area contributed by atoms with E-state index >= 15 is 0 Å². The molecule has 1 aromatic rings. The van der Waals surface area contributed by atoms with Crippen LogP contribution in [0.5, 0.6) is 0 Å². The monoisotopic (exact) mass is 161 g/mol. The summed E-state index contributed by atoms with van der Waals surface area (Å²) < 4.78 is 0. The van der Waals surface area contributed by atoms with Gasteiger partial charge in [0.25, 0.3) is 0 Å². The van der Waals surface area contributed by atoms with Crippen molar-refractivity contribution in [2.75, 3.05) is 0 Å². The van der Waals surface area contributed by atoms with Gasteiger partial charge in [-0.2, -0.15) is 0 Å². The van der Waals surface area contributed by atoms with Crippen molar-refractivity contribution in [3.8, 4) is 0 Å². The Morgan fingerprint density at radius 3 is 2.75 bits per heavy atom. The van der Waals surface area contributed by atoms with Crippen LogP contribution in [0.3, 0.4) is 0 Å². The lowest BCUT2D eigenvalue weighted by Crippen LogP contribution is -1.96. The second-order valence-electron chi connectivity index (χ2n) is 2.85. The summed E-state index contributed by atoms with van der Waals surface area (Å²) in [5.74, 6) is 0. The molecule has 1 aromatic carbocycles. The molecule has 1 heteroatoms. The molecule has 1 rings (SSSR count). The minimum atomic E-state index is 0.627. The summed E-state index contributed by atoms with van der Waals surface area (Å²) in [5, 5.41) is 0. The van der Waals surface area contributed by atoms with Gasteiger partial charge in [-0.3, -0.25) is 0 Å². The van der Waals surface area contributed by atoms with E-state index in [4.69, 9.17) is 5.73 Å². The summed E-state index contributed by atoms with van der Waals surface area (Å²) in [6.07, 6.45) is 4.04. The summed E-state index contributed by atoms with van der Waals surface area (Å²) in [7, 11) is 0. The summed E-state index contributed by atoms with van der Waals surface area (Å²) in [6, 6.07) is 8.39. The van der Waals surface area contributed by atoms with Gasteiger partial charge in [0.1, 0.15) is 0 Å². The van der Waals surface area contributed by atoms with Gasteiger partial charge in [0, 0.05) is 6.54 Å². The third kappa shape index (κ3) is 2.51. The fraction of sp³-hybridized carbons (Fsp3) is 0.273. The SMILES string of the molecule is C=CCCc1cccc(CN)c1. The molecule has 0 atom stereocenters. The zero-order valence-electron chi connectivity index (χ0n) is 7.29. The number of allylic oxidation sites excluding steroid dienone is 1. The largest absolute Gasteiger partial charge is 0.326 e. The fourth-order valence-electron chi connectivity index (χ4n) is 1.18. The van der Waals surface area contributed by atoms with E-state index in [1.807, 2.05) is 6.08 Å². The van der Waals surface area contributed by atoms with Crippen molar-refractivity contribution in [3.05, 3.63) is 48.0 Å². The van der Waals surface area contributed by atoms with Gasteiger partial charge in [-0.05, 0) is 24.0 Å². The van der Waals surface area contributed by atoms with E-state index in [-0.39, 0.29) is 0 Å². The average molecular weight is 161 g/mol. The number of hydrogen-bond donors (Lipinski definition) is 1. The molecule has 0 aliphatic heterocycles. The van der Waals surface area contributed by atoms with E-state index in [2.05, 4.69) is 30.8 Å². The molecule has 0 spiro atoms. The molecule has 0 saturated carbocycles. The zero-order chi connectivity index (χ0) is 8.81.